The van der Waals surface area contributed by atoms with Crippen molar-refractivity contribution in [3.8, 4) is 0 Å². The first-order chi connectivity index (χ1) is 23.0. The highest BCUT2D eigenvalue weighted by Crippen LogP contribution is 2.29. The van der Waals surface area contributed by atoms with Crippen LogP contribution < -0.4 is 21.7 Å². The van der Waals surface area contributed by atoms with Gasteiger partial charge in [-0.05, 0) is 56.5 Å². The van der Waals surface area contributed by atoms with E-state index in [2.05, 4.69) is 30.9 Å². The molecule has 1 saturated heterocycles. The molecule has 3 atom stereocenters. The number of likely N-dealkylation sites (N-methyl/N-ethyl adjacent to an activating group) is 1. The maximum Gasteiger partial charge on any atom is 0.271 e. The number of nitrogens with two attached hydrogens (primary N) is 1. The number of aromatic nitrogens is 3. The number of thiazole rings is 1. The third kappa shape index (κ3) is 8.19. The van der Waals surface area contributed by atoms with Crippen LogP contribution in [0.3, 0.4) is 0 Å². The lowest BCUT2D eigenvalue weighted by atomic mass is 9.83. The number of halogens is 1. The van der Waals surface area contributed by atoms with Crippen LogP contribution in [0.4, 0.5) is 15.2 Å². The van der Waals surface area contributed by atoms with E-state index in [0.717, 1.165) is 43.4 Å². The fourth-order valence-corrected chi connectivity index (χ4v) is 6.95. The van der Waals surface area contributed by atoms with Crippen LogP contribution in [0.2, 0.25) is 0 Å². The number of hydrogen-bond acceptors (Lipinski definition) is 9. The molecule has 3 heterocycles. The first-order valence-corrected chi connectivity index (χ1v) is 17.4. The van der Waals surface area contributed by atoms with Crippen LogP contribution >= 0.6 is 11.3 Å². The number of carbonyl (C=O) groups is 4. The molecule has 2 aliphatic rings. The summed E-state index contributed by atoms with van der Waals surface area (Å²) in [7, 11) is 1.98. The molecular weight excluding hydrogens is 637 g/mol. The Morgan fingerprint density at radius 2 is 1.77 bits per heavy atom. The fourth-order valence-electron chi connectivity index (χ4n) is 6.41. The molecule has 0 radical (unpaired) electrons. The molecule has 0 bridgehead atoms. The Morgan fingerprint density at radius 1 is 1.04 bits per heavy atom. The Kier molecular flexibility index (Phi) is 11.4. The maximum atomic E-state index is 15.7. The largest absolute Gasteiger partial charge is 0.375 e. The van der Waals surface area contributed by atoms with Crippen molar-refractivity contribution in [2.24, 2.45) is 5.92 Å². The Balaban J connectivity index is 1.34. The molecule has 13 nitrogen and oxygen atoms in total. The molecule has 4 amide bonds. The Morgan fingerprint density at radius 3 is 2.42 bits per heavy atom. The highest BCUT2D eigenvalue weighted by molar-refractivity contribution is 7.13. The van der Waals surface area contributed by atoms with E-state index in [9.17, 15) is 19.2 Å². The van der Waals surface area contributed by atoms with Crippen molar-refractivity contribution in [1.29, 1.82) is 0 Å². The fraction of sp³-hybridized carbons (Fsp3) is 0.515. The van der Waals surface area contributed by atoms with Crippen LogP contribution in [0.25, 0.3) is 0 Å². The van der Waals surface area contributed by atoms with Crippen LogP contribution in [0.15, 0.2) is 35.8 Å². The van der Waals surface area contributed by atoms with Crippen LogP contribution in [0, 0.1) is 11.7 Å². The first-order valence-electron chi connectivity index (χ1n) is 16.5. The van der Waals surface area contributed by atoms with Gasteiger partial charge < -0.3 is 31.5 Å². The minimum atomic E-state index is -1.01. The number of nitrogens with one attached hydrogen (secondary N) is 3. The van der Waals surface area contributed by atoms with Crippen LogP contribution in [-0.2, 0) is 16.1 Å². The lowest BCUT2D eigenvalue weighted by Crippen LogP contribution is -2.55. The van der Waals surface area contributed by atoms with Gasteiger partial charge in [-0.2, -0.15) is 5.10 Å². The summed E-state index contributed by atoms with van der Waals surface area (Å²) in [6.07, 6.45) is 6.03. The van der Waals surface area contributed by atoms with E-state index in [1.54, 1.807) is 28.6 Å². The lowest BCUT2D eigenvalue weighted by Gasteiger charge is -2.36. The quantitative estimate of drug-likeness (QED) is 0.240. The van der Waals surface area contributed by atoms with E-state index in [0.29, 0.717) is 44.0 Å². The van der Waals surface area contributed by atoms with Gasteiger partial charge in [-0.15, -0.1) is 11.3 Å². The summed E-state index contributed by atoms with van der Waals surface area (Å²) in [4.78, 5) is 61.6. The van der Waals surface area contributed by atoms with Gasteiger partial charge in [-0.25, -0.2) is 9.37 Å². The highest BCUT2D eigenvalue weighted by Gasteiger charge is 2.35. The number of hydrogen-bond donors (Lipinski definition) is 4. The SMILES string of the molecule is CCn1nccc1C(=O)N[C@H](C(=O)Nc1ccc([C@H](C)[C@@H](NC(=O)c2csc(N)n2)C(=O)N2CCN(C)CC2)cc1F)C1CCCCC1. The Hall–Kier alpha value is -4.37. The average molecular weight is 682 g/mol. The molecule has 15 heteroatoms. The number of carbonyl (C=O) groups excluding carboxylic acids is 4. The summed E-state index contributed by atoms with van der Waals surface area (Å²) >= 11 is 1.12. The second-order valence-corrected chi connectivity index (χ2v) is 13.4. The standard InChI is InChI=1S/C33H44FN9O4S/c1-4-43-26(12-13-36-43)30(45)40-28(21-8-6-5-7-9-21)31(46)37-24-11-10-22(18-23(24)34)20(2)27(32(47)42-16-14-41(3)15-17-42)39-29(44)25-19-48-33(35)38-25/h10-13,18-21,27-28H,4-9,14-17H2,1-3H3,(H2,35,38)(H,37,46)(H,39,44)(H,40,45)/t20-,27+,28-/m0/s1. The highest BCUT2D eigenvalue weighted by atomic mass is 32.1. The predicted octanol–water partition coefficient (Wildman–Crippen LogP) is 3.07. The molecule has 0 spiro atoms. The molecular formula is C33H44FN9O4S. The van der Waals surface area contributed by atoms with Gasteiger partial charge in [-0.3, -0.25) is 23.9 Å². The van der Waals surface area contributed by atoms with Gasteiger partial charge in [0.15, 0.2) is 5.13 Å². The number of amides is 4. The third-order valence-corrected chi connectivity index (χ3v) is 10.0. The second kappa shape index (κ2) is 15.7. The van der Waals surface area contributed by atoms with E-state index >= 15 is 4.39 Å². The van der Waals surface area contributed by atoms with Crippen LogP contribution in [-0.4, -0.2) is 93.5 Å². The first kappa shape index (κ1) is 35.0. The summed E-state index contributed by atoms with van der Waals surface area (Å²) in [5, 5.41) is 14.3. The number of piperazine rings is 1. The molecule has 1 aromatic carbocycles. The lowest BCUT2D eigenvalue weighted by molar-refractivity contribution is -0.135. The molecule has 5 N–H and O–H groups in total. The van der Waals surface area contributed by atoms with E-state index in [1.165, 1.54) is 23.7 Å². The van der Waals surface area contributed by atoms with E-state index in [4.69, 9.17) is 5.73 Å². The van der Waals surface area contributed by atoms with Gasteiger partial charge in [0.1, 0.15) is 29.3 Å². The van der Waals surface area contributed by atoms with Crippen LogP contribution in [0.5, 0.6) is 0 Å². The van der Waals surface area contributed by atoms with E-state index in [1.807, 2.05) is 14.0 Å². The van der Waals surface area contributed by atoms with Gasteiger partial charge in [-0.1, -0.05) is 32.3 Å². The number of nitrogen functional groups attached to an aromatic ring is 1. The molecule has 5 rings (SSSR count). The number of aryl methyl sites for hydroxylation is 1. The molecule has 1 aliphatic carbocycles. The van der Waals surface area contributed by atoms with Crippen molar-refractivity contribution in [3.63, 3.8) is 0 Å². The summed E-state index contributed by atoms with van der Waals surface area (Å²) in [5.74, 6) is -3.17. The second-order valence-electron chi connectivity index (χ2n) is 12.5. The zero-order chi connectivity index (χ0) is 34.4. The normalized spacial score (nSPS) is 17.7. The molecule has 1 saturated carbocycles. The Labute approximate surface area is 283 Å². The van der Waals surface area contributed by atoms with Gasteiger partial charge in [0.25, 0.3) is 11.8 Å². The number of anilines is 2. The number of nitrogens with zero attached hydrogens (tertiary/aromatic N) is 5. The zero-order valence-electron chi connectivity index (χ0n) is 27.6. The topological polar surface area (TPSA) is 168 Å². The van der Waals surface area contributed by atoms with E-state index in [-0.39, 0.29) is 28.3 Å². The van der Waals surface area contributed by atoms with Crippen molar-refractivity contribution >= 4 is 45.8 Å². The van der Waals surface area contributed by atoms with Gasteiger partial charge >= 0.3 is 0 Å². The van der Waals surface area contributed by atoms with Crippen molar-refractivity contribution in [1.82, 2.24) is 35.2 Å². The maximum absolute atomic E-state index is 15.7. The van der Waals surface area contributed by atoms with Crippen molar-refractivity contribution < 1.29 is 23.6 Å². The summed E-state index contributed by atoms with van der Waals surface area (Å²) in [6, 6.07) is 4.08. The number of benzene rings is 1. The minimum Gasteiger partial charge on any atom is -0.375 e. The molecule has 0 unspecified atom stereocenters. The monoisotopic (exact) mass is 681 g/mol. The molecule has 2 aromatic heterocycles. The smallest absolute Gasteiger partial charge is 0.271 e. The number of rotatable bonds is 11. The molecule has 1 aliphatic heterocycles. The van der Waals surface area contributed by atoms with Crippen molar-refractivity contribution in [2.45, 2.75) is 70.5 Å². The van der Waals surface area contributed by atoms with Gasteiger partial charge in [0.2, 0.25) is 11.8 Å². The predicted molar refractivity (Wildman–Crippen MR) is 181 cm³/mol. The summed E-state index contributed by atoms with van der Waals surface area (Å²) < 4.78 is 17.3. The summed E-state index contributed by atoms with van der Waals surface area (Å²) in [6.45, 7) is 6.49. The van der Waals surface area contributed by atoms with Crippen LogP contribution in [0.1, 0.15) is 78.4 Å². The summed E-state index contributed by atoms with van der Waals surface area (Å²) in [5.41, 5.74) is 6.58. The van der Waals surface area contributed by atoms with E-state index < -0.39 is 41.5 Å². The van der Waals surface area contributed by atoms with Gasteiger partial charge in [0.05, 0.1) is 5.69 Å². The third-order valence-electron chi connectivity index (χ3n) is 9.34. The molecule has 258 valence electrons. The molecule has 48 heavy (non-hydrogen) atoms. The van der Waals surface area contributed by atoms with Gasteiger partial charge in [0, 0.05) is 50.2 Å². The van der Waals surface area contributed by atoms with Crippen molar-refractivity contribution in [3.05, 3.63) is 58.6 Å². The Bertz CT molecular complexity index is 1610. The minimum absolute atomic E-state index is 0.0477. The zero-order valence-corrected chi connectivity index (χ0v) is 28.4. The molecule has 3 aromatic rings. The van der Waals surface area contributed by atoms with Crippen molar-refractivity contribution in [2.75, 3.05) is 44.3 Å². The molecule has 2 fully saturated rings. The average Bonchev–Trinajstić information content (AvgIpc) is 3.76.